The largest absolute Gasteiger partial charge is 0.508 e. The highest BCUT2D eigenvalue weighted by molar-refractivity contribution is 5.42. The number of benzene rings is 1. The standard InChI is InChI=1S/C12H15NO/c14-11-3-1-2-9-8-12(5-6-12)13-7-4-10(9)11/h1-3,13-14H,4-8H2. The molecular weight excluding hydrogens is 174 g/mol. The first kappa shape index (κ1) is 8.30. The van der Waals surface area contributed by atoms with Crippen molar-refractivity contribution in [1.82, 2.24) is 5.32 Å². The van der Waals surface area contributed by atoms with E-state index < -0.39 is 0 Å². The lowest BCUT2D eigenvalue weighted by Gasteiger charge is -2.13. The molecule has 1 aliphatic heterocycles. The Morgan fingerprint density at radius 1 is 1.29 bits per heavy atom. The molecule has 1 heterocycles. The normalized spacial score (nSPS) is 22.9. The minimum atomic E-state index is 0.388. The monoisotopic (exact) mass is 189 g/mol. The Balaban J connectivity index is 2.03. The van der Waals surface area contributed by atoms with Crippen molar-refractivity contribution in [3.8, 4) is 5.75 Å². The molecule has 1 spiro atoms. The third kappa shape index (κ3) is 1.22. The zero-order chi connectivity index (χ0) is 9.60. The molecular formula is C12H15NO. The summed E-state index contributed by atoms with van der Waals surface area (Å²) in [4.78, 5) is 0. The zero-order valence-electron chi connectivity index (χ0n) is 8.21. The van der Waals surface area contributed by atoms with Crippen molar-refractivity contribution in [2.45, 2.75) is 31.2 Å². The van der Waals surface area contributed by atoms with Gasteiger partial charge < -0.3 is 10.4 Å². The molecule has 2 heteroatoms. The minimum Gasteiger partial charge on any atom is -0.508 e. The van der Waals surface area contributed by atoms with Crippen LogP contribution in [0.25, 0.3) is 0 Å². The van der Waals surface area contributed by atoms with Gasteiger partial charge in [-0.25, -0.2) is 0 Å². The second kappa shape index (κ2) is 2.74. The van der Waals surface area contributed by atoms with Crippen LogP contribution in [-0.2, 0) is 12.8 Å². The van der Waals surface area contributed by atoms with Gasteiger partial charge in [-0.15, -0.1) is 0 Å². The van der Waals surface area contributed by atoms with Gasteiger partial charge in [0.15, 0.2) is 0 Å². The summed E-state index contributed by atoms with van der Waals surface area (Å²) in [7, 11) is 0. The summed E-state index contributed by atoms with van der Waals surface area (Å²) in [6.45, 7) is 1.00. The Morgan fingerprint density at radius 2 is 2.14 bits per heavy atom. The molecule has 1 fully saturated rings. The Labute approximate surface area is 84.0 Å². The van der Waals surface area contributed by atoms with Crippen LogP contribution in [0.5, 0.6) is 5.75 Å². The summed E-state index contributed by atoms with van der Waals surface area (Å²) >= 11 is 0. The maximum atomic E-state index is 9.74. The zero-order valence-corrected chi connectivity index (χ0v) is 8.21. The Hall–Kier alpha value is -1.02. The molecule has 1 aromatic carbocycles. The molecule has 2 aliphatic rings. The lowest BCUT2D eigenvalue weighted by molar-refractivity contribution is 0.467. The van der Waals surface area contributed by atoms with Gasteiger partial charge in [0.1, 0.15) is 5.75 Å². The van der Waals surface area contributed by atoms with Gasteiger partial charge in [0, 0.05) is 5.54 Å². The van der Waals surface area contributed by atoms with Crippen LogP contribution in [-0.4, -0.2) is 17.2 Å². The third-order valence-electron chi connectivity index (χ3n) is 3.51. The van der Waals surface area contributed by atoms with Crippen molar-refractivity contribution in [3.05, 3.63) is 29.3 Å². The van der Waals surface area contributed by atoms with E-state index >= 15 is 0 Å². The van der Waals surface area contributed by atoms with E-state index in [1.165, 1.54) is 18.4 Å². The molecule has 0 bridgehead atoms. The molecule has 1 saturated carbocycles. The van der Waals surface area contributed by atoms with E-state index in [1.54, 1.807) is 6.07 Å². The fourth-order valence-electron chi connectivity index (χ4n) is 2.46. The number of rotatable bonds is 0. The average Bonchev–Trinajstić information content (AvgIpc) is 2.93. The predicted octanol–water partition coefficient (Wildman–Crippen LogP) is 1.61. The van der Waals surface area contributed by atoms with Crippen LogP contribution in [0, 0.1) is 0 Å². The molecule has 2 nitrogen and oxygen atoms in total. The molecule has 14 heavy (non-hydrogen) atoms. The number of phenols is 1. The molecule has 1 aliphatic carbocycles. The first-order chi connectivity index (χ1) is 6.79. The van der Waals surface area contributed by atoms with Crippen molar-refractivity contribution in [2.75, 3.05) is 6.54 Å². The number of hydrogen-bond acceptors (Lipinski definition) is 2. The summed E-state index contributed by atoms with van der Waals surface area (Å²) < 4.78 is 0. The van der Waals surface area contributed by atoms with Crippen LogP contribution in [0.3, 0.4) is 0 Å². The Bertz CT molecular complexity index is 369. The van der Waals surface area contributed by atoms with Gasteiger partial charge in [0.2, 0.25) is 0 Å². The summed E-state index contributed by atoms with van der Waals surface area (Å²) in [5.74, 6) is 0.474. The van der Waals surface area contributed by atoms with Crippen LogP contribution < -0.4 is 5.32 Å². The molecule has 0 aromatic heterocycles. The lowest BCUT2D eigenvalue weighted by atomic mass is 9.99. The van der Waals surface area contributed by atoms with Gasteiger partial charge in [0.25, 0.3) is 0 Å². The van der Waals surface area contributed by atoms with Gasteiger partial charge in [-0.2, -0.15) is 0 Å². The average molecular weight is 189 g/mol. The predicted molar refractivity (Wildman–Crippen MR) is 55.5 cm³/mol. The number of phenolic OH excluding ortho intramolecular Hbond substituents is 1. The van der Waals surface area contributed by atoms with E-state index in [-0.39, 0.29) is 0 Å². The van der Waals surface area contributed by atoms with Crippen molar-refractivity contribution in [3.63, 3.8) is 0 Å². The van der Waals surface area contributed by atoms with Crippen LogP contribution in [0.1, 0.15) is 24.0 Å². The van der Waals surface area contributed by atoms with Gasteiger partial charge in [0.05, 0.1) is 0 Å². The number of nitrogens with one attached hydrogen (secondary N) is 1. The highest BCUT2D eigenvalue weighted by atomic mass is 16.3. The van der Waals surface area contributed by atoms with Crippen molar-refractivity contribution in [2.24, 2.45) is 0 Å². The smallest absolute Gasteiger partial charge is 0.119 e. The summed E-state index contributed by atoms with van der Waals surface area (Å²) in [5.41, 5.74) is 2.88. The van der Waals surface area contributed by atoms with Crippen LogP contribution in [0.4, 0.5) is 0 Å². The third-order valence-corrected chi connectivity index (χ3v) is 3.51. The number of aromatic hydroxyl groups is 1. The summed E-state index contributed by atoms with van der Waals surface area (Å²) in [5, 5.41) is 13.3. The van der Waals surface area contributed by atoms with Gasteiger partial charge in [-0.1, -0.05) is 12.1 Å². The fourth-order valence-corrected chi connectivity index (χ4v) is 2.46. The Morgan fingerprint density at radius 3 is 2.93 bits per heavy atom. The quantitative estimate of drug-likeness (QED) is 0.650. The van der Waals surface area contributed by atoms with Gasteiger partial charge >= 0.3 is 0 Å². The second-order valence-electron chi connectivity index (χ2n) is 4.55. The molecule has 0 saturated heterocycles. The van der Waals surface area contributed by atoms with E-state index in [4.69, 9.17) is 0 Å². The molecule has 3 rings (SSSR count). The minimum absolute atomic E-state index is 0.388. The van der Waals surface area contributed by atoms with Gasteiger partial charge in [-0.3, -0.25) is 0 Å². The molecule has 1 aromatic rings. The van der Waals surface area contributed by atoms with Gasteiger partial charge in [-0.05, 0) is 49.4 Å². The molecule has 0 atom stereocenters. The van der Waals surface area contributed by atoms with Crippen LogP contribution in [0.15, 0.2) is 18.2 Å². The summed E-state index contributed by atoms with van der Waals surface area (Å²) in [6, 6.07) is 5.90. The maximum Gasteiger partial charge on any atom is 0.119 e. The number of fused-ring (bicyclic) bond motifs is 1. The van der Waals surface area contributed by atoms with E-state index in [1.807, 2.05) is 6.07 Å². The lowest BCUT2D eigenvalue weighted by Crippen LogP contribution is -2.32. The Kier molecular flexibility index (Phi) is 1.62. The first-order valence-electron chi connectivity index (χ1n) is 5.34. The maximum absolute atomic E-state index is 9.74. The fraction of sp³-hybridized carbons (Fsp3) is 0.500. The van der Waals surface area contributed by atoms with E-state index in [2.05, 4.69) is 11.4 Å². The van der Waals surface area contributed by atoms with Crippen LogP contribution >= 0.6 is 0 Å². The topological polar surface area (TPSA) is 32.3 Å². The molecule has 0 amide bonds. The van der Waals surface area contributed by atoms with E-state index in [0.29, 0.717) is 11.3 Å². The highest BCUT2D eigenvalue weighted by Gasteiger charge is 2.43. The van der Waals surface area contributed by atoms with Crippen molar-refractivity contribution < 1.29 is 5.11 Å². The molecule has 0 unspecified atom stereocenters. The van der Waals surface area contributed by atoms with E-state index in [0.717, 1.165) is 24.9 Å². The van der Waals surface area contributed by atoms with Crippen LogP contribution in [0.2, 0.25) is 0 Å². The molecule has 2 N–H and O–H groups in total. The van der Waals surface area contributed by atoms with Crippen molar-refractivity contribution >= 4 is 0 Å². The van der Waals surface area contributed by atoms with Crippen molar-refractivity contribution in [1.29, 1.82) is 0 Å². The number of hydrogen-bond donors (Lipinski definition) is 2. The molecule has 74 valence electrons. The highest BCUT2D eigenvalue weighted by Crippen LogP contribution is 2.41. The van der Waals surface area contributed by atoms with E-state index in [9.17, 15) is 5.11 Å². The first-order valence-corrected chi connectivity index (χ1v) is 5.34. The summed E-state index contributed by atoms with van der Waals surface area (Å²) in [6.07, 6.45) is 4.64. The molecule has 0 radical (unpaired) electrons. The SMILES string of the molecule is Oc1cccc2c1CCNC1(CC1)C2. The second-order valence-corrected chi connectivity index (χ2v) is 4.55.